The molecular formula is C23H28N2O6S. The quantitative estimate of drug-likeness (QED) is 0.637. The predicted octanol–water partition coefficient (Wildman–Crippen LogP) is 3.25. The number of sulfonamides is 1. The Morgan fingerprint density at radius 3 is 2.25 bits per heavy atom. The van der Waals surface area contributed by atoms with E-state index in [0.717, 1.165) is 5.56 Å². The molecule has 32 heavy (non-hydrogen) atoms. The average molecular weight is 461 g/mol. The van der Waals surface area contributed by atoms with Gasteiger partial charge in [-0.1, -0.05) is 12.1 Å². The maximum Gasteiger partial charge on any atom is 0.243 e. The summed E-state index contributed by atoms with van der Waals surface area (Å²) in [7, 11) is -0.652. The molecule has 3 rings (SSSR count). The fourth-order valence-corrected chi connectivity index (χ4v) is 5.25. The first-order valence-electron chi connectivity index (χ1n) is 10.3. The minimum Gasteiger partial charge on any atom is -0.493 e. The Morgan fingerprint density at radius 2 is 1.66 bits per heavy atom. The number of ether oxygens (including phenoxy) is 2. The van der Waals surface area contributed by atoms with Gasteiger partial charge in [0.05, 0.1) is 19.1 Å². The summed E-state index contributed by atoms with van der Waals surface area (Å²) in [4.78, 5) is 24.5. The third kappa shape index (κ3) is 4.94. The molecule has 0 spiro atoms. The van der Waals surface area contributed by atoms with Crippen molar-refractivity contribution >= 4 is 27.4 Å². The third-order valence-corrected chi connectivity index (χ3v) is 7.59. The van der Waals surface area contributed by atoms with Gasteiger partial charge in [0.15, 0.2) is 17.3 Å². The van der Waals surface area contributed by atoms with E-state index < -0.39 is 10.0 Å². The summed E-state index contributed by atoms with van der Waals surface area (Å²) in [6.07, 6.45) is 0.813. The molecular weight excluding hydrogens is 432 g/mol. The number of carbonyl (C=O) groups is 2. The van der Waals surface area contributed by atoms with Gasteiger partial charge in [-0.2, -0.15) is 4.31 Å². The lowest BCUT2D eigenvalue weighted by molar-refractivity contribution is -0.120. The second kappa shape index (κ2) is 9.70. The molecule has 1 saturated heterocycles. The monoisotopic (exact) mass is 460 g/mol. The number of nitrogens with zero attached hydrogens (tertiary/aromatic N) is 1. The number of anilines is 1. The first kappa shape index (κ1) is 23.7. The number of ketones is 1. The maximum atomic E-state index is 13.0. The van der Waals surface area contributed by atoms with Crippen LogP contribution in [0.3, 0.4) is 0 Å². The van der Waals surface area contributed by atoms with Gasteiger partial charge in [-0.3, -0.25) is 9.59 Å². The number of amides is 1. The molecule has 2 aromatic rings. The highest BCUT2D eigenvalue weighted by atomic mass is 32.2. The van der Waals surface area contributed by atoms with Crippen LogP contribution in [0.25, 0.3) is 0 Å². The number of carbonyl (C=O) groups excluding carboxylic acids is 2. The number of methoxy groups -OCH3 is 2. The predicted molar refractivity (Wildman–Crippen MR) is 121 cm³/mol. The van der Waals surface area contributed by atoms with E-state index in [1.807, 2.05) is 6.92 Å². The fourth-order valence-electron chi connectivity index (χ4n) is 3.73. The largest absolute Gasteiger partial charge is 0.493 e. The number of aryl methyl sites for hydroxylation is 1. The van der Waals surface area contributed by atoms with Gasteiger partial charge in [0.1, 0.15) is 0 Å². The van der Waals surface area contributed by atoms with E-state index in [2.05, 4.69) is 5.32 Å². The Bertz CT molecular complexity index is 1120. The lowest BCUT2D eigenvalue weighted by Gasteiger charge is -2.30. The first-order valence-corrected chi connectivity index (χ1v) is 11.8. The van der Waals surface area contributed by atoms with Crippen LogP contribution in [0.1, 0.15) is 35.7 Å². The molecule has 0 atom stereocenters. The topological polar surface area (TPSA) is 102 Å². The number of Topliss-reactive ketones (excluding diaryl/α,β-unsaturated/α-hetero) is 1. The summed E-state index contributed by atoms with van der Waals surface area (Å²) in [5, 5.41) is 2.93. The van der Waals surface area contributed by atoms with E-state index in [9.17, 15) is 18.0 Å². The van der Waals surface area contributed by atoms with E-state index in [1.165, 1.54) is 30.5 Å². The summed E-state index contributed by atoms with van der Waals surface area (Å²) < 4.78 is 37.9. The van der Waals surface area contributed by atoms with Crippen molar-refractivity contribution in [3.05, 3.63) is 47.5 Å². The molecule has 0 radical (unpaired) electrons. The molecule has 0 aliphatic carbocycles. The molecule has 0 aromatic heterocycles. The highest BCUT2D eigenvalue weighted by molar-refractivity contribution is 7.89. The van der Waals surface area contributed by atoms with Crippen molar-refractivity contribution in [3.63, 3.8) is 0 Å². The molecule has 1 fully saturated rings. The number of hydrogen-bond donors (Lipinski definition) is 1. The second-order valence-electron chi connectivity index (χ2n) is 7.77. The molecule has 9 heteroatoms. The van der Waals surface area contributed by atoms with Gasteiger partial charge in [-0.25, -0.2) is 8.42 Å². The summed E-state index contributed by atoms with van der Waals surface area (Å²) >= 11 is 0. The zero-order chi connectivity index (χ0) is 23.5. The molecule has 1 heterocycles. The SMILES string of the molecule is COc1cc(C)c(NC(=O)C2CCN(S(=O)(=O)c3cccc(C(C)=O)c3)CC2)cc1OC. The van der Waals surface area contributed by atoms with Gasteiger partial charge in [0, 0.05) is 36.3 Å². The summed E-state index contributed by atoms with van der Waals surface area (Å²) in [6, 6.07) is 9.55. The van der Waals surface area contributed by atoms with E-state index in [4.69, 9.17) is 9.47 Å². The zero-order valence-electron chi connectivity index (χ0n) is 18.7. The van der Waals surface area contributed by atoms with Crippen LogP contribution in [0.5, 0.6) is 11.5 Å². The van der Waals surface area contributed by atoms with E-state index in [-0.39, 0.29) is 35.6 Å². The third-order valence-electron chi connectivity index (χ3n) is 5.69. The van der Waals surface area contributed by atoms with Crippen LogP contribution in [0, 0.1) is 12.8 Å². The Kier molecular flexibility index (Phi) is 7.20. The molecule has 8 nitrogen and oxygen atoms in total. The molecule has 172 valence electrons. The van der Waals surface area contributed by atoms with Crippen LogP contribution in [-0.2, 0) is 14.8 Å². The van der Waals surface area contributed by atoms with Crippen LogP contribution in [0.15, 0.2) is 41.3 Å². The van der Waals surface area contributed by atoms with E-state index in [1.54, 1.807) is 31.4 Å². The molecule has 2 aromatic carbocycles. The number of benzene rings is 2. The van der Waals surface area contributed by atoms with Gasteiger partial charge in [-0.15, -0.1) is 0 Å². The average Bonchev–Trinajstić information content (AvgIpc) is 2.80. The molecule has 0 bridgehead atoms. The lowest BCUT2D eigenvalue weighted by atomic mass is 9.97. The molecule has 1 aliphatic rings. The van der Waals surface area contributed by atoms with Crippen molar-refractivity contribution in [2.45, 2.75) is 31.6 Å². The maximum absolute atomic E-state index is 13.0. The molecule has 1 aliphatic heterocycles. The zero-order valence-corrected chi connectivity index (χ0v) is 19.5. The number of hydrogen-bond acceptors (Lipinski definition) is 6. The fraction of sp³-hybridized carbons (Fsp3) is 0.391. The second-order valence-corrected chi connectivity index (χ2v) is 9.71. The molecule has 1 N–H and O–H groups in total. The number of rotatable bonds is 7. The normalized spacial score (nSPS) is 15.2. The van der Waals surface area contributed by atoms with Gasteiger partial charge in [0.2, 0.25) is 15.9 Å². The number of nitrogens with one attached hydrogen (secondary N) is 1. The Labute approximate surface area is 188 Å². The van der Waals surface area contributed by atoms with Gasteiger partial charge < -0.3 is 14.8 Å². The Morgan fingerprint density at radius 1 is 1.03 bits per heavy atom. The minimum absolute atomic E-state index is 0.0917. The van der Waals surface area contributed by atoms with Gasteiger partial charge >= 0.3 is 0 Å². The van der Waals surface area contributed by atoms with E-state index >= 15 is 0 Å². The molecule has 0 saturated carbocycles. The Hall–Kier alpha value is -2.91. The van der Waals surface area contributed by atoms with Crippen LogP contribution in [-0.4, -0.2) is 51.7 Å². The number of piperidine rings is 1. The smallest absolute Gasteiger partial charge is 0.243 e. The van der Waals surface area contributed by atoms with Crippen LogP contribution in [0.2, 0.25) is 0 Å². The molecule has 1 amide bonds. The van der Waals surface area contributed by atoms with Crippen molar-refractivity contribution in [1.82, 2.24) is 4.31 Å². The van der Waals surface area contributed by atoms with Crippen molar-refractivity contribution in [2.75, 3.05) is 32.6 Å². The first-order chi connectivity index (χ1) is 15.2. The van der Waals surface area contributed by atoms with E-state index in [0.29, 0.717) is 35.6 Å². The van der Waals surface area contributed by atoms with Crippen molar-refractivity contribution in [3.8, 4) is 11.5 Å². The standard InChI is InChI=1S/C23H28N2O6S/c1-15-12-21(30-3)22(31-4)14-20(15)24-23(27)17-8-10-25(11-9-17)32(28,29)19-7-5-6-18(13-19)16(2)26/h5-7,12-14,17H,8-11H2,1-4H3,(H,24,27). The van der Waals surface area contributed by atoms with Crippen molar-refractivity contribution in [1.29, 1.82) is 0 Å². The van der Waals surface area contributed by atoms with Crippen LogP contribution < -0.4 is 14.8 Å². The lowest BCUT2D eigenvalue weighted by Crippen LogP contribution is -2.41. The van der Waals surface area contributed by atoms with Gasteiger partial charge in [0.25, 0.3) is 0 Å². The highest BCUT2D eigenvalue weighted by Crippen LogP contribution is 2.33. The Balaban J connectivity index is 1.67. The summed E-state index contributed by atoms with van der Waals surface area (Å²) in [6.45, 7) is 3.73. The summed E-state index contributed by atoms with van der Waals surface area (Å²) in [5.74, 6) is 0.439. The minimum atomic E-state index is -3.73. The summed E-state index contributed by atoms with van der Waals surface area (Å²) in [5.41, 5.74) is 1.82. The molecule has 0 unspecified atom stereocenters. The van der Waals surface area contributed by atoms with Crippen LogP contribution >= 0.6 is 0 Å². The van der Waals surface area contributed by atoms with Crippen LogP contribution in [0.4, 0.5) is 5.69 Å². The van der Waals surface area contributed by atoms with Crippen molar-refractivity contribution in [2.24, 2.45) is 5.92 Å². The van der Waals surface area contributed by atoms with Gasteiger partial charge in [-0.05, 0) is 50.5 Å². The van der Waals surface area contributed by atoms with Crippen molar-refractivity contribution < 1.29 is 27.5 Å². The highest BCUT2D eigenvalue weighted by Gasteiger charge is 2.32.